The van der Waals surface area contributed by atoms with Crippen molar-refractivity contribution in [3.63, 3.8) is 0 Å². The Hall–Kier alpha value is -0.770. The second kappa shape index (κ2) is 15.2. The highest BCUT2D eigenvalue weighted by molar-refractivity contribution is 4.90. The van der Waals surface area contributed by atoms with Crippen molar-refractivity contribution < 1.29 is 0 Å². The van der Waals surface area contributed by atoms with Crippen LogP contribution in [0.15, 0.2) is 12.2 Å². The lowest BCUT2D eigenvalue weighted by atomic mass is 10.1. The van der Waals surface area contributed by atoms with Crippen molar-refractivity contribution in [2.24, 2.45) is 0 Å². The van der Waals surface area contributed by atoms with Gasteiger partial charge in [0, 0.05) is 0 Å². The average Bonchev–Trinajstić information content (AvgIpc) is 2.35. The summed E-state index contributed by atoms with van der Waals surface area (Å²) in [6.07, 6.45) is 19.8. The van der Waals surface area contributed by atoms with Gasteiger partial charge < -0.3 is 0 Å². The highest BCUT2D eigenvalue weighted by atomic mass is 14.2. The summed E-state index contributed by atoms with van der Waals surface area (Å²) in [5.41, 5.74) is 0. The van der Waals surface area contributed by atoms with Crippen molar-refractivity contribution in [1.82, 2.24) is 0 Å². The van der Waals surface area contributed by atoms with E-state index < -0.39 is 0 Å². The third kappa shape index (κ3) is 15.2. The van der Waals surface area contributed by atoms with Crippen molar-refractivity contribution in [2.75, 3.05) is 0 Å². The van der Waals surface area contributed by atoms with Crippen molar-refractivity contribution in [2.45, 2.75) is 84.0 Å². The SMILES string of the molecule is CCCCCCCCCCCCC=CCC#N. The fourth-order valence-electron chi connectivity index (χ4n) is 2.00. The molecule has 0 saturated heterocycles. The number of hydrogen-bond donors (Lipinski definition) is 0. The van der Waals surface area contributed by atoms with Crippen LogP contribution in [-0.4, -0.2) is 0 Å². The van der Waals surface area contributed by atoms with Crippen LogP contribution in [0.2, 0.25) is 0 Å². The van der Waals surface area contributed by atoms with Gasteiger partial charge in [0.15, 0.2) is 0 Å². The molecule has 0 N–H and O–H groups in total. The Balaban J connectivity index is 2.96. The van der Waals surface area contributed by atoms with Gasteiger partial charge in [0.05, 0.1) is 12.5 Å². The Morgan fingerprint density at radius 2 is 1.29 bits per heavy atom. The minimum Gasteiger partial charge on any atom is -0.198 e. The number of allylic oxidation sites excluding steroid dienone is 2. The summed E-state index contributed by atoms with van der Waals surface area (Å²) < 4.78 is 0. The van der Waals surface area contributed by atoms with Gasteiger partial charge in [0.25, 0.3) is 0 Å². The summed E-state index contributed by atoms with van der Waals surface area (Å²) in [5, 5.41) is 8.34. The summed E-state index contributed by atoms with van der Waals surface area (Å²) in [6, 6.07) is 2.12. The van der Waals surface area contributed by atoms with E-state index in [1.165, 1.54) is 64.2 Å². The first-order valence-electron chi connectivity index (χ1n) is 7.43. The van der Waals surface area contributed by atoms with Crippen LogP contribution in [-0.2, 0) is 0 Å². The van der Waals surface area contributed by atoms with Crippen LogP contribution >= 0.6 is 0 Å². The Morgan fingerprint density at radius 1 is 0.765 bits per heavy atom. The van der Waals surface area contributed by atoms with Gasteiger partial charge in [-0.1, -0.05) is 76.9 Å². The third-order valence-electron chi connectivity index (χ3n) is 3.10. The number of nitrogens with zero attached hydrogens (tertiary/aromatic N) is 1. The lowest BCUT2D eigenvalue weighted by Crippen LogP contribution is -1.81. The fourth-order valence-corrected chi connectivity index (χ4v) is 2.00. The highest BCUT2D eigenvalue weighted by Gasteiger charge is 1.91. The molecule has 0 aliphatic heterocycles. The number of nitriles is 1. The molecule has 0 fully saturated rings. The maximum absolute atomic E-state index is 8.34. The Bertz CT molecular complexity index is 200. The predicted molar refractivity (Wildman–Crippen MR) is 75.8 cm³/mol. The van der Waals surface area contributed by atoms with E-state index in [4.69, 9.17) is 5.26 Å². The van der Waals surface area contributed by atoms with Crippen LogP contribution in [0.5, 0.6) is 0 Å². The normalized spacial score (nSPS) is 10.8. The first-order chi connectivity index (χ1) is 8.41. The van der Waals surface area contributed by atoms with Crippen LogP contribution in [0.25, 0.3) is 0 Å². The molecule has 0 aliphatic carbocycles. The number of hydrogen-bond acceptors (Lipinski definition) is 1. The van der Waals surface area contributed by atoms with E-state index in [2.05, 4.69) is 19.1 Å². The van der Waals surface area contributed by atoms with Crippen LogP contribution < -0.4 is 0 Å². The summed E-state index contributed by atoms with van der Waals surface area (Å²) >= 11 is 0. The molecule has 17 heavy (non-hydrogen) atoms. The zero-order valence-electron chi connectivity index (χ0n) is 11.6. The van der Waals surface area contributed by atoms with E-state index in [0.29, 0.717) is 6.42 Å². The molecule has 0 spiro atoms. The van der Waals surface area contributed by atoms with E-state index in [1.54, 1.807) is 0 Å². The Kier molecular flexibility index (Phi) is 14.5. The molecule has 0 rings (SSSR count). The second-order valence-electron chi connectivity index (χ2n) is 4.80. The second-order valence-corrected chi connectivity index (χ2v) is 4.80. The van der Waals surface area contributed by atoms with Crippen molar-refractivity contribution in [3.05, 3.63) is 12.2 Å². The van der Waals surface area contributed by atoms with E-state index in [0.717, 1.165) is 6.42 Å². The molecule has 0 aromatic heterocycles. The van der Waals surface area contributed by atoms with Crippen LogP contribution in [0.3, 0.4) is 0 Å². The van der Waals surface area contributed by atoms with Gasteiger partial charge in [0.2, 0.25) is 0 Å². The molecule has 0 aromatic rings. The molecule has 0 aromatic carbocycles. The first kappa shape index (κ1) is 16.2. The minimum atomic E-state index is 0.567. The lowest BCUT2D eigenvalue weighted by Gasteiger charge is -2.01. The maximum Gasteiger partial charge on any atom is 0.0663 e. The van der Waals surface area contributed by atoms with Gasteiger partial charge in [-0.05, 0) is 12.8 Å². The molecule has 0 aliphatic rings. The highest BCUT2D eigenvalue weighted by Crippen LogP contribution is 2.11. The van der Waals surface area contributed by atoms with Crippen molar-refractivity contribution in [1.29, 1.82) is 5.26 Å². The van der Waals surface area contributed by atoms with Crippen LogP contribution in [0, 0.1) is 11.3 Å². The Labute approximate surface area is 108 Å². The molecule has 0 amide bonds. The zero-order valence-corrected chi connectivity index (χ0v) is 11.6. The molecule has 0 atom stereocenters. The van der Waals surface area contributed by atoms with Crippen molar-refractivity contribution in [3.8, 4) is 6.07 Å². The van der Waals surface area contributed by atoms with Gasteiger partial charge in [-0.3, -0.25) is 0 Å². The Morgan fingerprint density at radius 3 is 1.82 bits per heavy atom. The predicted octanol–water partition coefficient (Wildman–Crippen LogP) is 5.77. The quantitative estimate of drug-likeness (QED) is 0.311. The number of rotatable bonds is 12. The van der Waals surface area contributed by atoms with E-state index in [1.807, 2.05) is 6.08 Å². The third-order valence-corrected chi connectivity index (χ3v) is 3.10. The number of unbranched alkanes of at least 4 members (excludes halogenated alkanes) is 10. The van der Waals surface area contributed by atoms with Gasteiger partial charge in [-0.15, -0.1) is 0 Å². The van der Waals surface area contributed by atoms with Gasteiger partial charge in [-0.25, -0.2) is 0 Å². The smallest absolute Gasteiger partial charge is 0.0663 e. The van der Waals surface area contributed by atoms with Crippen LogP contribution in [0.1, 0.15) is 84.0 Å². The van der Waals surface area contributed by atoms with E-state index in [-0.39, 0.29) is 0 Å². The van der Waals surface area contributed by atoms with Gasteiger partial charge in [0.1, 0.15) is 0 Å². The van der Waals surface area contributed by atoms with Crippen LogP contribution in [0.4, 0.5) is 0 Å². The fraction of sp³-hybridized carbons (Fsp3) is 0.812. The van der Waals surface area contributed by atoms with Gasteiger partial charge in [-0.2, -0.15) is 5.26 Å². The topological polar surface area (TPSA) is 23.8 Å². The molecular weight excluding hydrogens is 206 g/mol. The molecule has 0 saturated carbocycles. The average molecular weight is 235 g/mol. The standard InChI is InChI=1S/C16H29N/c1-2-3-4-5-6-7-8-9-10-11-12-13-14-15-16-17/h13-14H,2-12,15H2,1H3. The zero-order chi connectivity index (χ0) is 12.6. The molecule has 98 valence electrons. The van der Waals surface area contributed by atoms with E-state index >= 15 is 0 Å². The molecule has 0 unspecified atom stereocenters. The summed E-state index contributed by atoms with van der Waals surface area (Å²) in [7, 11) is 0. The largest absolute Gasteiger partial charge is 0.198 e. The molecule has 1 nitrogen and oxygen atoms in total. The monoisotopic (exact) mass is 235 g/mol. The summed E-state index contributed by atoms with van der Waals surface area (Å²) in [6.45, 7) is 2.27. The summed E-state index contributed by atoms with van der Waals surface area (Å²) in [4.78, 5) is 0. The maximum atomic E-state index is 8.34. The molecule has 1 heteroatoms. The summed E-state index contributed by atoms with van der Waals surface area (Å²) in [5.74, 6) is 0. The minimum absolute atomic E-state index is 0.567. The lowest BCUT2D eigenvalue weighted by molar-refractivity contribution is 0.557. The van der Waals surface area contributed by atoms with Crippen molar-refractivity contribution >= 4 is 0 Å². The van der Waals surface area contributed by atoms with E-state index in [9.17, 15) is 0 Å². The molecule has 0 radical (unpaired) electrons. The molecular formula is C16H29N. The molecule has 0 bridgehead atoms. The molecule has 0 heterocycles. The van der Waals surface area contributed by atoms with Gasteiger partial charge >= 0.3 is 0 Å². The first-order valence-corrected chi connectivity index (χ1v) is 7.43.